The maximum absolute atomic E-state index is 12.9. The average Bonchev–Trinajstić information content (AvgIpc) is 3.31. The Balaban J connectivity index is 1.59. The summed E-state index contributed by atoms with van der Waals surface area (Å²) in [5, 5.41) is 2.81. The molecule has 1 atom stereocenters. The lowest BCUT2D eigenvalue weighted by atomic mass is 10.1. The minimum atomic E-state index is -4.01. The first-order valence-corrected chi connectivity index (χ1v) is 10.9. The normalized spacial score (nSPS) is 12.6. The number of anilines is 1. The van der Waals surface area contributed by atoms with Crippen LogP contribution in [0.15, 0.2) is 68.7 Å². The van der Waals surface area contributed by atoms with E-state index in [0.717, 1.165) is 5.76 Å². The molecular formula is C21H20N4O5S. The largest absolute Gasteiger partial charge is 0.464 e. The number of aromatic nitrogens is 2. The maximum atomic E-state index is 12.9. The third kappa shape index (κ3) is 4.24. The second-order valence-corrected chi connectivity index (χ2v) is 8.76. The number of furan rings is 1. The summed E-state index contributed by atoms with van der Waals surface area (Å²) in [5.74, 6) is 0.868. The molecule has 0 fully saturated rings. The van der Waals surface area contributed by atoms with Gasteiger partial charge in [0.15, 0.2) is 0 Å². The quantitative estimate of drug-likeness (QED) is 0.365. The van der Waals surface area contributed by atoms with E-state index in [1.807, 2.05) is 6.92 Å². The molecule has 0 saturated carbocycles. The van der Waals surface area contributed by atoms with Crippen LogP contribution in [0.25, 0.3) is 11.0 Å². The highest BCUT2D eigenvalue weighted by atomic mass is 32.2. The Morgan fingerprint density at radius 3 is 2.52 bits per heavy atom. The van der Waals surface area contributed by atoms with Crippen molar-refractivity contribution in [1.29, 1.82) is 0 Å². The van der Waals surface area contributed by atoms with E-state index in [2.05, 4.69) is 20.0 Å². The zero-order valence-corrected chi connectivity index (χ0v) is 17.5. The summed E-state index contributed by atoms with van der Waals surface area (Å²) in [7, 11) is -4.01. The number of carbonyl (C=O) groups is 1. The van der Waals surface area contributed by atoms with Gasteiger partial charge in [0.05, 0.1) is 33.2 Å². The van der Waals surface area contributed by atoms with Crippen molar-refractivity contribution in [2.75, 3.05) is 4.72 Å². The van der Waals surface area contributed by atoms with Crippen molar-refractivity contribution in [2.24, 2.45) is 0 Å². The molecule has 0 bridgehead atoms. The summed E-state index contributed by atoms with van der Waals surface area (Å²) in [5.41, 5.74) is 0.718. The van der Waals surface area contributed by atoms with Gasteiger partial charge in [0, 0.05) is 0 Å². The minimum absolute atomic E-state index is 0.0510. The Hall–Kier alpha value is -3.79. The fourth-order valence-corrected chi connectivity index (χ4v) is 4.29. The van der Waals surface area contributed by atoms with Crippen LogP contribution in [0, 0.1) is 6.92 Å². The van der Waals surface area contributed by atoms with Crippen molar-refractivity contribution >= 4 is 32.7 Å². The van der Waals surface area contributed by atoms with E-state index in [-0.39, 0.29) is 16.1 Å². The number of fused-ring (bicyclic) bond motifs is 1. The molecule has 2 aromatic carbocycles. The Labute approximate surface area is 177 Å². The van der Waals surface area contributed by atoms with Gasteiger partial charge >= 0.3 is 5.69 Å². The number of nitrogens with one attached hydrogen (secondary N) is 4. The first-order chi connectivity index (χ1) is 14.7. The Kier molecular flexibility index (Phi) is 5.15. The van der Waals surface area contributed by atoms with Gasteiger partial charge in [-0.3, -0.25) is 9.52 Å². The van der Waals surface area contributed by atoms with Gasteiger partial charge in [-0.1, -0.05) is 12.1 Å². The number of H-pyrrole nitrogens is 2. The topological polar surface area (TPSA) is 137 Å². The van der Waals surface area contributed by atoms with Crippen LogP contribution in [-0.2, 0) is 10.0 Å². The first kappa shape index (κ1) is 20.5. The number of carbonyl (C=O) groups excluding carboxylic acids is 1. The number of rotatable bonds is 6. The van der Waals surface area contributed by atoms with Crippen molar-refractivity contribution in [2.45, 2.75) is 24.8 Å². The fourth-order valence-electron chi connectivity index (χ4n) is 3.18. The van der Waals surface area contributed by atoms with E-state index >= 15 is 0 Å². The lowest BCUT2D eigenvalue weighted by Crippen LogP contribution is -2.27. The van der Waals surface area contributed by atoms with Crippen LogP contribution >= 0.6 is 0 Å². The lowest BCUT2D eigenvalue weighted by Gasteiger charge is -2.15. The number of imidazole rings is 1. The molecule has 10 heteroatoms. The van der Waals surface area contributed by atoms with Crippen LogP contribution in [0.4, 0.5) is 5.69 Å². The molecule has 0 aliphatic heterocycles. The monoisotopic (exact) mass is 440 g/mol. The van der Waals surface area contributed by atoms with Gasteiger partial charge in [-0.25, -0.2) is 13.2 Å². The molecule has 160 valence electrons. The van der Waals surface area contributed by atoms with E-state index in [4.69, 9.17) is 4.42 Å². The van der Waals surface area contributed by atoms with Crippen LogP contribution in [0.5, 0.6) is 0 Å². The molecule has 0 spiro atoms. The number of aryl methyl sites for hydroxylation is 1. The summed E-state index contributed by atoms with van der Waals surface area (Å²) < 4.78 is 33.8. The van der Waals surface area contributed by atoms with Gasteiger partial charge in [-0.05, 0) is 56.3 Å². The number of hydrogen-bond donors (Lipinski definition) is 4. The van der Waals surface area contributed by atoms with Crippen molar-refractivity contribution in [3.8, 4) is 0 Å². The first-order valence-electron chi connectivity index (χ1n) is 9.44. The number of para-hydroxylation sites is 1. The van der Waals surface area contributed by atoms with E-state index in [1.54, 1.807) is 31.2 Å². The van der Waals surface area contributed by atoms with Crippen LogP contribution in [-0.4, -0.2) is 24.3 Å². The second kappa shape index (κ2) is 7.80. The number of amides is 1. The molecule has 9 nitrogen and oxygen atoms in total. The molecule has 2 aromatic heterocycles. The molecule has 4 N–H and O–H groups in total. The molecule has 4 aromatic rings. The number of aromatic amines is 2. The SMILES string of the molecule is Cc1ccc(C(C)NC(=O)c2ccccc2NS(=O)(=O)c2ccc3[nH]c(=O)[nH]c3c2)o1. The number of hydrogen-bond acceptors (Lipinski definition) is 5. The molecule has 31 heavy (non-hydrogen) atoms. The maximum Gasteiger partial charge on any atom is 0.323 e. The average molecular weight is 440 g/mol. The van der Waals surface area contributed by atoms with E-state index < -0.39 is 27.7 Å². The summed E-state index contributed by atoms with van der Waals surface area (Å²) in [6.07, 6.45) is 0. The molecule has 4 rings (SSSR count). The smallest absolute Gasteiger partial charge is 0.323 e. The summed E-state index contributed by atoms with van der Waals surface area (Å²) in [6.45, 7) is 3.58. The predicted octanol–water partition coefficient (Wildman–Crippen LogP) is 3.05. The van der Waals surface area contributed by atoms with Gasteiger partial charge < -0.3 is 19.7 Å². The van der Waals surface area contributed by atoms with Crippen molar-refractivity contribution in [1.82, 2.24) is 15.3 Å². The van der Waals surface area contributed by atoms with Gasteiger partial charge in [0.1, 0.15) is 11.5 Å². The highest BCUT2D eigenvalue weighted by Gasteiger charge is 2.21. The molecule has 0 radical (unpaired) electrons. The zero-order valence-electron chi connectivity index (χ0n) is 16.7. The zero-order chi connectivity index (χ0) is 22.2. The third-order valence-electron chi connectivity index (χ3n) is 4.75. The molecular weight excluding hydrogens is 420 g/mol. The molecule has 0 aliphatic rings. The minimum Gasteiger partial charge on any atom is -0.464 e. The Bertz CT molecular complexity index is 1430. The summed E-state index contributed by atoms with van der Waals surface area (Å²) >= 11 is 0. The second-order valence-electron chi connectivity index (χ2n) is 7.08. The highest BCUT2D eigenvalue weighted by Crippen LogP contribution is 2.23. The van der Waals surface area contributed by atoms with Gasteiger partial charge in [-0.2, -0.15) is 0 Å². The lowest BCUT2D eigenvalue weighted by molar-refractivity contribution is 0.0936. The highest BCUT2D eigenvalue weighted by molar-refractivity contribution is 7.92. The Morgan fingerprint density at radius 1 is 1.03 bits per heavy atom. The third-order valence-corrected chi connectivity index (χ3v) is 6.11. The van der Waals surface area contributed by atoms with Gasteiger partial charge in [0.2, 0.25) is 0 Å². The summed E-state index contributed by atoms with van der Waals surface area (Å²) in [6, 6.07) is 13.7. The molecule has 0 aliphatic carbocycles. The summed E-state index contributed by atoms with van der Waals surface area (Å²) in [4.78, 5) is 29.3. The van der Waals surface area contributed by atoms with Crippen molar-refractivity contribution in [3.63, 3.8) is 0 Å². The van der Waals surface area contributed by atoms with Crippen LogP contribution < -0.4 is 15.7 Å². The van der Waals surface area contributed by atoms with Crippen LogP contribution in [0.2, 0.25) is 0 Å². The molecule has 0 saturated heterocycles. The Morgan fingerprint density at radius 2 is 1.77 bits per heavy atom. The van der Waals surface area contributed by atoms with Crippen LogP contribution in [0.3, 0.4) is 0 Å². The fraction of sp³-hybridized carbons (Fsp3) is 0.143. The van der Waals surface area contributed by atoms with Crippen molar-refractivity contribution < 1.29 is 17.6 Å². The number of sulfonamides is 1. The van der Waals surface area contributed by atoms with E-state index in [0.29, 0.717) is 16.8 Å². The van der Waals surface area contributed by atoms with Crippen LogP contribution in [0.1, 0.15) is 34.8 Å². The number of benzene rings is 2. The van der Waals surface area contributed by atoms with E-state index in [1.165, 1.54) is 30.3 Å². The molecule has 1 unspecified atom stereocenters. The standard InChI is InChI=1S/C21H20N4O5S/c1-12-7-10-19(30-12)13(2)22-20(26)15-5-3-4-6-16(15)25-31(28,29)14-8-9-17-18(11-14)24-21(27)23-17/h3-11,13,25H,1-2H3,(H,22,26)(H2,23,24,27). The molecule has 2 heterocycles. The predicted molar refractivity (Wildman–Crippen MR) is 115 cm³/mol. The van der Waals surface area contributed by atoms with Gasteiger partial charge in [-0.15, -0.1) is 0 Å². The molecule has 1 amide bonds. The van der Waals surface area contributed by atoms with Crippen molar-refractivity contribution in [3.05, 3.63) is 82.2 Å². The van der Waals surface area contributed by atoms with E-state index in [9.17, 15) is 18.0 Å². The van der Waals surface area contributed by atoms with Gasteiger partial charge in [0.25, 0.3) is 15.9 Å².